The average Bonchev–Trinajstić information content (AvgIpc) is 3.21. The van der Waals surface area contributed by atoms with Crippen molar-refractivity contribution in [3.63, 3.8) is 0 Å². The minimum atomic E-state index is -0.908. The van der Waals surface area contributed by atoms with Crippen LogP contribution < -0.4 is 0 Å². The van der Waals surface area contributed by atoms with E-state index in [1.165, 1.54) is 0 Å². The molecule has 1 fully saturated rings. The van der Waals surface area contributed by atoms with Gasteiger partial charge in [0.1, 0.15) is 17.8 Å². The first-order chi connectivity index (χ1) is 9.40. The number of carbonyl (C=O) groups excluding carboxylic acids is 1. The second-order valence-electron chi connectivity index (χ2n) is 4.20. The van der Waals surface area contributed by atoms with Gasteiger partial charge in [-0.1, -0.05) is 0 Å². The van der Waals surface area contributed by atoms with Crippen LogP contribution in [0.3, 0.4) is 0 Å². The predicted molar refractivity (Wildman–Crippen MR) is 64.4 cm³/mol. The topological polar surface area (TPSA) is 125 Å². The number of esters is 1. The smallest absolute Gasteiger partial charge is 0.345 e. The van der Waals surface area contributed by atoms with Crippen molar-refractivity contribution in [3.05, 3.63) is 44.0 Å². The third kappa shape index (κ3) is 2.88. The molecule has 9 heteroatoms. The molecule has 1 heterocycles. The van der Waals surface area contributed by atoms with Crippen molar-refractivity contribution in [2.45, 2.75) is 19.1 Å². The van der Waals surface area contributed by atoms with E-state index in [-0.39, 0.29) is 11.7 Å². The van der Waals surface area contributed by atoms with Crippen LogP contribution in [0.15, 0.2) is 18.2 Å². The van der Waals surface area contributed by atoms with E-state index in [4.69, 9.17) is 9.47 Å². The number of hydrogen-bond acceptors (Lipinski definition) is 7. The zero-order valence-electron chi connectivity index (χ0n) is 10.3. The quantitative estimate of drug-likeness (QED) is 0.346. The Bertz CT molecular complexity index is 582. The average molecular weight is 282 g/mol. The highest BCUT2D eigenvalue weighted by Crippen LogP contribution is 2.26. The fourth-order valence-electron chi connectivity index (χ4n) is 1.59. The number of nitrogens with zero attached hydrogens (tertiary/aromatic N) is 2. The Morgan fingerprint density at radius 2 is 2.05 bits per heavy atom. The molecule has 0 bridgehead atoms. The lowest BCUT2D eigenvalue weighted by atomic mass is 10.1. The number of nitro groups is 2. The van der Waals surface area contributed by atoms with Crippen molar-refractivity contribution in [1.29, 1.82) is 0 Å². The molecule has 0 N–H and O–H groups in total. The van der Waals surface area contributed by atoms with Crippen LogP contribution in [0.4, 0.5) is 11.4 Å². The molecule has 2 atom stereocenters. The molecule has 0 amide bonds. The van der Waals surface area contributed by atoms with Crippen LogP contribution in [0.1, 0.15) is 17.3 Å². The van der Waals surface area contributed by atoms with Crippen LogP contribution >= 0.6 is 0 Å². The lowest BCUT2D eigenvalue weighted by Gasteiger charge is -2.10. The minimum Gasteiger partial charge on any atom is -0.456 e. The number of non-ortho nitro benzene ring substituents is 1. The van der Waals surface area contributed by atoms with Gasteiger partial charge in [-0.2, -0.15) is 0 Å². The van der Waals surface area contributed by atoms with E-state index in [1.807, 2.05) is 0 Å². The number of carbonyl (C=O) groups is 1. The summed E-state index contributed by atoms with van der Waals surface area (Å²) in [6, 6.07) is 2.76. The van der Waals surface area contributed by atoms with Gasteiger partial charge in [0.05, 0.1) is 22.5 Å². The van der Waals surface area contributed by atoms with Gasteiger partial charge in [0.15, 0.2) is 0 Å². The van der Waals surface area contributed by atoms with Crippen LogP contribution in [0.25, 0.3) is 0 Å². The third-order valence-corrected chi connectivity index (χ3v) is 2.78. The molecule has 1 aliphatic heterocycles. The standard InChI is InChI=1S/C11H10N2O7/c1-6(10-5-19-10)20-11(14)8-3-2-7(12(15)16)4-9(8)13(17)18/h2-4,6,10H,5H2,1H3. The summed E-state index contributed by atoms with van der Waals surface area (Å²) in [5, 5.41) is 21.5. The van der Waals surface area contributed by atoms with Crippen molar-refractivity contribution in [2.24, 2.45) is 0 Å². The van der Waals surface area contributed by atoms with E-state index in [0.29, 0.717) is 6.61 Å². The summed E-state index contributed by atoms with van der Waals surface area (Å²) in [5.74, 6) is -0.908. The largest absolute Gasteiger partial charge is 0.456 e. The van der Waals surface area contributed by atoms with E-state index >= 15 is 0 Å². The molecule has 0 aliphatic carbocycles. The summed E-state index contributed by atoms with van der Waals surface area (Å²) >= 11 is 0. The van der Waals surface area contributed by atoms with Gasteiger partial charge in [-0.05, 0) is 13.0 Å². The molecule has 1 saturated heterocycles. The Morgan fingerprint density at radius 3 is 2.55 bits per heavy atom. The van der Waals surface area contributed by atoms with Crippen molar-refractivity contribution < 1.29 is 24.1 Å². The van der Waals surface area contributed by atoms with Gasteiger partial charge in [0.2, 0.25) is 0 Å². The van der Waals surface area contributed by atoms with Crippen molar-refractivity contribution in [1.82, 2.24) is 0 Å². The molecule has 0 radical (unpaired) electrons. The monoisotopic (exact) mass is 282 g/mol. The van der Waals surface area contributed by atoms with Crippen LogP contribution in [-0.2, 0) is 9.47 Å². The van der Waals surface area contributed by atoms with Gasteiger partial charge in [-0.25, -0.2) is 4.79 Å². The van der Waals surface area contributed by atoms with E-state index < -0.39 is 33.3 Å². The molecule has 9 nitrogen and oxygen atoms in total. The van der Waals surface area contributed by atoms with E-state index in [2.05, 4.69) is 0 Å². The van der Waals surface area contributed by atoms with Crippen LogP contribution in [0.2, 0.25) is 0 Å². The van der Waals surface area contributed by atoms with Gasteiger partial charge < -0.3 is 9.47 Å². The number of hydrogen-bond donors (Lipinski definition) is 0. The molecule has 1 aromatic rings. The zero-order chi connectivity index (χ0) is 14.9. The van der Waals surface area contributed by atoms with E-state index in [0.717, 1.165) is 18.2 Å². The lowest BCUT2D eigenvalue weighted by Crippen LogP contribution is -2.21. The normalized spacial score (nSPS) is 18.1. The summed E-state index contributed by atoms with van der Waals surface area (Å²) in [6.07, 6.45) is -0.728. The van der Waals surface area contributed by atoms with Gasteiger partial charge in [0, 0.05) is 6.07 Å². The lowest BCUT2D eigenvalue weighted by molar-refractivity contribution is -0.394. The first-order valence-corrected chi connectivity index (χ1v) is 5.65. The highest BCUT2D eigenvalue weighted by Gasteiger charge is 2.34. The number of benzene rings is 1. The van der Waals surface area contributed by atoms with Crippen LogP contribution in [0, 0.1) is 20.2 Å². The number of epoxide rings is 1. The van der Waals surface area contributed by atoms with Gasteiger partial charge in [-0.15, -0.1) is 0 Å². The Kier molecular flexibility index (Phi) is 3.61. The Balaban J connectivity index is 2.27. The maximum atomic E-state index is 11.8. The molecule has 2 rings (SSSR count). The molecule has 0 aromatic heterocycles. The highest BCUT2D eigenvalue weighted by molar-refractivity contribution is 5.94. The van der Waals surface area contributed by atoms with Crippen LogP contribution in [0.5, 0.6) is 0 Å². The summed E-state index contributed by atoms with van der Waals surface area (Å²) in [6.45, 7) is 2.07. The molecule has 1 aliphatic rings. The Hall–Kier alpha value is -2.55. The predicted octanol–water partition coefficient (Wildman–Crippen LogP) is 1.45. The summed E-state index contributed by atoms with van der Waals surface area (Å²) in [7, 11) is 0. The van der Waals surface area contributed by atoms with Crippen molar-refractivity contribution in [3.8, 4) is 0 Å². The molecule has 106 valence electrons. The minimum absolute atomic E-state index is 0.198. The SMILES string of the molecule is CC(OC(=O)c1ccc([N+](=O)[O-])cc1[N+](=O)[O-])C1CO1. The fraction of sp³-hybridized carbons (Fsp3) is 0.364. The second kappa shape index (κ2) is 5.21. The molecule has 0 spiro atoms. The maximum absolute atomic E-state index is 11.8. The van der Waals surface area contributed by atoms with Gasteiger partial charge in [0.25, 0.3) is 11.4 Å². The molecule has 0 saturated carbocycles. The van der Waals surface area contributed by atoms with Crippen molar-refractivity contribution >= 4 is 17.3 Å². The molecule has 1 aromatic carbocycles. The maximum Gasteiger partial charge on any atom is 0.345 e. The van der Waals surface area contributed by atoms with E-state index in [9.17, 15) is 25.0 Å². The first kappa shape index (κ1) is 13.9. The first-order valence-electron chi connectivity index (χ1n) is 5.65. The summed E-state index contributed by atoms with van der Waals surface area (Å²) in [4.78, 5) is 31.7. The van der Waals surface area contributed by atoms with Gasteiger partial charge in [-0.3, -0.25) is 20.2 Å². The number of nitro benzene ring substituents is 2. The third-order valence-electron chi connectivity index (χ3n) is 2.78. The van der Waals surface area contributed by atoms with Gasteiger partial charge >= 0.3 is 5.97 Å². The van der Waals surface area contributed by atoms with E-state index in [1.54, 1.807) is 6.92 Å². The number of ether oxygens (including phenoxy) is 2. The molecule has 2 unspecified atom stereocenters. The Morgan fingerprint density at radius 1 is 1.40 bits per heavy atom. The number of rotatable bonds is 5. The zero-order valence-corrected chi connectivity index (χ0v) is 10.3. The summed E-state index contributed by atoms with van der Waals surface area (Å²) < 4.78 is 9.95. The van der Waals surface area contributed by atoms with Crippen LogP contribution in [-0.4, -0.2) is 34.6 Å². The second-order valence-corrected chi connectivity index (χ2v) is 4.20. The molecular formula is C11H10N2O7. The summed E-state index contributed by atoms with van der Waals surface area (Å²) in [5.41, 5.74) is -1.45. The van der Waals surface area contributed by atoms with Crippen molar-refractivity contribution in [2.75, 3.05) is 6.61 Å². The fourth-order valence-corrected chi connectivity index (χ4v) is 1.59. The molecular weight excluding hydrogens is 272 g/mol. The molecule has 20 heavy (non-hydrogen) atoms. The Labute approximate surface area is 112 Å². The highest BCUT2D eigenvalue weighted by atomic mass is 16.6.